The van der Waals surface area contributed by atoms with E-state index in [1.165, 1.54) is 12.1 Å². The van der Waals surface area contributed by atoms with Crippen LogP contribution in [0.1, 0.15) is 15.9 Å². The predicted molar refractivity (Wildman–Crippen MR) is 126 cm³/mol. The molecule has 0 aliphatic carbocycles. The maximum atomic E-state index is 13.2. The van der Waals surface area contributed by atoms with Crippen LogP contribution >= 0.6 is 27.5 Å². The molecule has 0 aliphatic rings. The number of carbonyl (C=O) groups is 2. The van der Waals surface area contributed by atoms with Crippen LogP contribution in [0.15, 0.2) is 77.3 Å². The van der Waals surface area contributed by atoms with Crippen LogP contribution in [0, 0.1) is 0 Å². The minimum Gasteiger partial charge on any atom is -0.350 e. The Labute approximate surface area is 201 Å². The average Bonchev–Trinajstić information content (AvgIpc) is 2.77. The lowest BCUT2D eigenvalue weighted by Gasteiger charge is -2.24. The van der Waals surface area contributed by atoms with E-state index in [0.717, 1.165) is 21.5 Å². The lowest BCUT2D eigenvalue weighted by Crippen LogP contribution is -2.41. The Hall–Kier alpha value is -3.04. The number of nitrogens with one attached hydrogen (secondary N) is 2. The first-order valence-corrected chi connectivity index (χ1v) is 10.9. The van der Waals surface area contributed by atoms with Crippen molar-refractivity contribution in [1.29, 1.82) is 0 Å². The number of halogens is 5. The van der Waals surface area contributed by atoms with E-state index in [1.54, 1.807) is 48.5 Å². The average molecular weight is 541 g/mol. The second-order valence-corrected chi connectivity index (χ2v) is 8.26. The quantitative estimate of drug-likeness (QED) is 0.371. The highest BCUT2D eigenvalue weighted by Gasteiger charge is 2.31. The zero-order chi connectivity index (χ0) is 24.0. The highest BCUT2D eigenvalue weighted by molar-refractivity contribution is 9.10. The summed E-state index contributed by atoms with van der Waals surface area (Å²) in [5, 5.41) is 5.78. The highest BCUT2D eigenvalue weighted by atomic mass is 79.9. The molecular formula is C23H18BrClF3N3O2. The van der Waals surface area contributed by atoms with E-state index in [4.69, 9.17) is 11.6 Å². The predicted octanol–water partition coefficient (Wildman–Crippen LogP) is 6.59. The van der Waals surface area contributed by atoms with Crippen LogP contribution in [0.25, 0.3) is 0 Å². The summed E-state index contributed by atoms with van der Waals surface area (Å²) in [6, 6.07) is 16.8. The first kappa shape index (κ1) is 24.6. The number of rotatable bonds is 6. The lowest BCUT2D eigenvalue weighted by molar-refractivity contribution is -0.137. The number of hydrogen-bond donors (Lipinski definition) is 2. The summed E-state index contributed by atoms with van der Waals surface area (Å²) in [5.41, 5.74) is -0.0318. The van der Waals surface area contributed by atoms with Gasteiger partial charge in [0, 0.05) is 39.5 Å². The largest absolute Gasteiger partial charge is 0.416 e. The van der Waals surface area contributed by atoms with Gasteiger partial charge in [-0.15, -0.1) is 0 Å². The van der Waals surface area contributed by atoms with Crippen molar-refractivity contribution < 1.29 is 22.8 Å². The number of anilines is 2. The number of hydrogen-bond acceptors (Lipinski definition) is 2. The summed E-state index contributed by atoms with van der Waals surface area (Å²) in [6.45, 7) is -0.0594. The Morgan fingerprint density at radius 3 is 2.33 bits per heavy atom. The van der Waals surface area contributed by atoms with Crippen LogP contribution in [0.2, 0.25) is 5.02 Å². The summed E-state index contributed by atoms with van der Waals surface area (Å²) in [7, 11) is 0. The SMILES string of the molecule is O=C(NCCN(C(=O)Nc1ccc(Cl)cc1)c1cccc(C(F)(F)F)c1)c1cccc(Br)c1. The summed E-state index contributed by atoms with van der Waals surface area (Å²) < 4.78 is 40.3. The van der Waals surface area contributed by atoms with E-state index >= 15 is 0 Å². The van der Waals surface area contributed by atoms with Crippen molar-refractivity contribution in [1.82, 2.24) is 5.32 Å². The fraction of sp³-hybridized carbons (Fsp3) is 0.130. The number of alkyl halides is 3. The van der Waals surface area contributed by atoms with Crippen molar-refractivity contribution in [3.8, 4) is 0 Å². The maximum Gasteiger partial charge on any atom is 0.416 e. The van der Waals surface area contributed by atoms with Crippen LogP contribution in [0.5, 0.6) is 0 Å². The monoisotopic (exact) mass is 539 g/mol. The molecule has 10 heteroatoms. The molecule has 0 saturated heterocycles. The molecule has 0 unspecified atom stereocenters. The summed E-state index contributed by atoms with van der Waals surface area (Å²) in [4.78, 5) is 26.4. The third kappa shape index (κ3) is 6.97. The van der Waals surface area contributed by atoms with Gasteiger partial charge in [-0.3, -0.25) is 9.69 Å². The second kappa shape index (κ2) is 10.7. The fourth-order valence-corrected chi connectivity index (χ4v) is 3.46. The molecule has 3 aromatic rings. The van der Waals surface area contributed by atoms with Crippen molar-refractivity contribution in [2.45, 2.75) is 6.18 Å². The van der Waals surface area contributed by atoms with Gasteiger partial charge in [0.1, 0.15) is 0 Å². The molecule has 3 amide bonds. The Balaban J connectivity index is 1.78. The van der Waals surface area contributed by atoms with Crippen LogP contribution in [-0.4, -0.2) is 25.0 Å². The van der Waals surface area contributed by atoms with Crippen molar-refractivity contribution in [3.63, 3.8) is 0 Å². The van der Waals surface area contributed by atoms with Gasteiger partial charge in [0.05, 0.1) is 5.56 Å². The van der Waals surface area contributed by atoms with Crippen molar-refractivity contribution >= 4 is 50.8 Å². The molecule has 0 aliphatic heterocycles. The molecule has 5 nitrogen and oxygen atoms in total. The van der Waals surface area contributed by atoms with E-state index in [-0.39, 0.29) is 24.7 Å². The molecule has 0 fully saturated rings. The molecule has 0 radical (unpaired) electrons. The number of benzene rings is 3. The highest BCUT2D eigenvalue weighted by Crippen LogP contribution is 2.31. The summed E-state index contributed by atoms with van der Waals surface area (Å²) in [6.07, 6.45) is -4.57. The third-order valence-corrected chi connectivity index (χ3v) is 5.28. The Bertz CT molecular complexity index is 1140. The molecule has 0 bridgehead atoms. The number of urea groups is 1. The van der Waals surface area contributed by atoms with Crippen molar-refractivity contribution in [2.75, 3.05) is 23.3 Å². The Kier molecular flexibility index (Phi) is 7.99. The molecule has 0 atom stereocenters. The molecule has 2 N–H and O–H groups in total. The molecule has 33 heavy (non-hydrogen) atoms. The summed E-state index contributed by atoms with van der Waals surface area (Å²) >= 11 is 9.14. The number of carbonyl (C=O) groups excluding carboxylic acids is 2. The van der Waals surface area contributed by atoms with Crippen LogP contribution in [0.4, 0.5) is 29.3 Å². The first-order valence-electron chi connectivity index (χ1n) is 9.68. The van der Waals surface area contributed by atoms with Gasteiger partial charge in [0.25, 0.3) is 5.91 Å². The second-order valence-electron chi connectivity index (χ2n) is 6.90. The van der Waals surface area contributed by atoms with Gasteiger partial charge in [-0.05, 0) is 60.7 Å². The zero-order valence-electron chi connectivity index (χ0n) is 17.0. The van der Waals surface area contributed by atoms with Crippen LogP contribution < -0.4 is 15.5 Å². The van der Waals surface area contributed by atoms with Gasteiger partial charge in [0.2, 0.25) is 0 Å². The topological polar surface area (TPSA) is 61.4 Å². The van der Waals surface area contributed by atoms with Gasteiger partial charge in [-0.1, -0.05) is 39.7 Å². The molecule has 0 heterocycles. The molecule has 3 aromatic carbocycles. The van der Waals surface area contributed by atoms with Gasteiger partial charge in [-0.2, -0.15) is 13.2 Å². The maximum absolute atomic E-state index is 13.2. The smallest absolute Gasteiger partial charge is 0.350 e. The molecule has 0 spiro atoms. The Morgan fingerprint density at radius 1 is 0.970 bits per heavy atom. The molecule has 0 aromatic heterocycles. The lowest BCUT2D eigenvalue weighted by atomic mass is 10.2. The van der Waals surface area contributed by atoms with Crippen LogP contribution in [0.3, 0.4) is 0 Å². The molecule has 172 valence electrons. The fourth-order valence-electron chi connectivity index (χ4n) is 2.94. The Morgan fingerprint density at radius 2 is 1.67 bits per heavy atom. The summed E-state index contributed by atoms with van der Waals surface area (Å²) in [5.74, 6) is -0.376. The van der Waals surface area contributed by atoms with Crippen molar-refractivity contribution in [2.24, 2.45) is 0 Å². The van der Waals surface area contributed by atoms with E-state index in [1.807, 2.05) is 0 Å². The van der Waals surface area contributed by atoms with E-state index in [9.17, 15) is 22.8 Å². The molecule has 0 saturated carbocycles. The van der Waals surface area contributed by atoms with Gasteiger partial charge in [-0.25, -0.2) is 4.79 Å². The molecular weight excluding hydrogens is 523 g/mol. The van der Waals surface area contributed by atoms with Crippen LogP contribution in [-0.2, 0) is 6.18 Å². The van der Waals surface area contributed by atoms with Gasteiger partial charge < -0.3 is 10.6 Å². The first-order chi connectivity index (χ1) is 15.6. The van der Waals surface area contributed by atoms with E-state index in [0.29, 0.717) is 16.3 Å². The van der Waals surface area contributed by atoms with Gasteiger partial charge >= 0.3 is 12.2 Å². The standard InChI is InChI=1S/C23H18BrClF3N3O2/c24-17-5-1-3-15(13-17)21(32)29-11-12-31(20-6-2-4-16(14-20)23(26,27)28)22(33)30-19-9-7-18(25)8-10-19/h1-10,13-14H,11-12H2,(H,29,32)(H,30,33). The normalized spacial score (nSPS) is 11.1. The molecule has 3 rings (SSSR count). The van der Waals surface area contributed by atoms with E-state index in [2.05, 4.69) is 26.6 Å². The van der Waals surface area contributed by atoms with Gasteiger partial charge in [0.15, 0.2) is 0 Å². The number of nitrogens with zero attached hydrogens (tertiary/aromatic N) is 1. The third-order valence-electron chi connectivity index (χ3n) is 4.53. The number of amides is 3. The van der Waals surface area contributed by atoms with E-state index < -0.39 is 17.8 Å². The zero-order valence-corrected chi connectivity index (χ0v) is 19.3. The van der Waals surface area contributed by atoms with Crippen molar-refractivity contribution in [3.05, 3.63) is 93.4 Å². The minimum atomic E-state index is -4.57. The minimum absolute atomic E-state index is 0.00955.